The van der Waals surface area contributed by atoms with Crippen LogP contribution in [0.3, 0.4) is 0 Å². The van der Waals surface area contributed by atoms with Crippen LogP contribution in [0.15, 0.2) is 24.3 Å². The van der Waals surface area contributed by atoms with Crippen LogP contribution in [-0.4, -0.2) is 35.5 Å². The molecule has 2 rings (SSSR count). The Labute approximate surface area is 136 Å². The van der Waals surface area contributed by atoms with Gasteiger partial charge in [-0.05, 0) is 6.92 Å². The van der Waals surface area contributed by atoms with Crippen LogP contribution in [0.2, 0.25) is 58.9 Å². The van der Waals surface area contributed by atoms with Crippen LogP contribution in [0.1, 0.15) is 5.56 Å². The SMILES string of the molecule is Cc1ccc([Si]2(C)[Si](C)(C)[Si](C)(C)[Si](C)(C)[Si]2(C)C)cc1. The molecule has 1 aromatic rings. The molecule has 0 bridgehead atoms. The summed E-state index contributed by atoms with van der Waals surface area (Å²) < 4.78 is 0. The predicted octanol–water partition coefficient (Wildman–Crippen LogP) is 4.52. The Morgan fingerprint density at radius 3 is 1.19 bits per heavy atom. The van der Waals surface area contributed by atoms with E-state index in [2.05, 4.69) is 90.1 Å². The second-order valence-corrected chi connectivity index (χ2v) is 68.8. The number of rotatable bonds is 1. The van der Waals surface area contributed by atoms with E-state index in [0.29, 0.717) is 0 Å². The molecular weight excluding hydrogens is 333 g/mol. The van der Waals surface area contributed by atoms with Crippen molar-refractivity contribution in [2.45, 2.75) is 65.8 Å². The predicted molar refractivity (Wildman–Crippen MR) is 112 cm³/mol. The van der Waals surface area contributed by atoms with E-state index < -0.39 is 35.5 Å². The molecule has 118 valence electrons. The average molecular weight is 367 g/mol. The maximum Gasteiger partial charge on any atom is 0.0657 e. The van der Waals surface area contributed by atoms with E-state index >= 15 is 0 Å². The molecule has 0 aromatic heterocycles. The van der Waals surface area contributed by atoms with Crippen LogP contribution in [-0.2, 0) is 0 Å². The summed E-state index contributed by atoms with van der Waals surface area (Å²) >= 11 is 0. The largest absolute Gasteiger partial charge is 0.0735 e. The molecule has 0 unspecified atom stereocenters. The zero-order valence-electron chi connectivity index (χ0n) is 15.8. The van der Waals surface area contributed by atoms with Crippen molar-refractivity contribution in [3.8, 4) is 0 Å². The molecular formula is C16H34Si5. The van der Waals surface area contributed by atoms with Crippen molar-refractivity contribution < 1.29 is 0 Å². The summed E-state index contributed by atoms with van der Waals surface area (Å²) in [5.41, 5.74) is 1.42. The van der Waals surface area contributed by atoms with Gasteiger partial charge in [-0.2, -0.15) is 0 Å². The van der Waals surface area contributed by atoms with Crippen molar-refractivity contribution >= 4 is 40.7 Å². The Morgan fingerprint density at radius 2 is 0.857 bits per heavy atom. The summed E-state index contributed by atoms with van der Waals surface area (Å²) in [5, 5.41) is 1.82. The van der Waals surface area contributed by atoms with E-state index in [-0.39, 0.29) is 0 Å². The highest BCUT2D eigenvalue weighted by Gasteiger charge is 2.77. The van der Waals surface area contributed by atoms with E-state index in [1.165, 1.54) is 5.56 Å². The summed E-state index contributed by atoms with van der Waals surface area (Å²) in [6, 6.07) is 9.82. The number of hydrogen-bond donors (Lipinski definition) is 0. The summed E-state index contributed by atoms with van der Waals surface area (Å²) in [6.45, 7) is 27.5. The number of hydrogen-bond acceptors (Lipinski definition) is 0. The normalized spacial score (nSPS) is 27.5. The second-order valence-electron chi connectivity index (χ2n) is 9.49. The Kier molecular flexibility index (Phi) is 3.92. The number of aryl methyl sites for hydroxylation is 1. The lowest BCUT2D eigenvalue weighted by atomic mass is 10.2. The molecule has 0 saturated carbocycles. The van der Waals surface area contributed by atoms with Gasteiger partial charge in [0.25, 0.3) is 0 Å². The highest BCUT2D eigenvalue weighted by atomic mass is 30.2. The molecule has 0 radical (unpaired) electrons. The fraction of sp³-hybridized carbons (Fsp3) is 0.625. The monoisotopic (exact) mass is 366 g/mol. The summed E-state index contributed by atoms with van der Waals surface area (Å²) in [4.78, 5) is 0. The highest BCUT2D eigenvalue weighted by Crippen LogP contribution is 2.50. The minimum Gasteiger partial charge on any atom is -0.0735 e. The van der Waals surface area contributed by atoms with Gasteiger partial charge in [0, 0.05) is 28.4 Å². The first kappa shape index (κ1) is 17.7. The quantitative estimate of drug-likeness (QED) is 0.641. The van der Waals surface area contributed by atoms with Crippen molar-refractivity contribution in [3.63, 3.8) is 0 Å². The van der Waals surface area contributed by atoms with Crippen LogP contribution in [0.25, 0.3) is 0 Å². The lowest BCUT2D eigenvalue weighted by Gasteiger charge is -2.47. The molecule has 1 aliphatic heterocycles. The fourth-order valence-corrected chi connectivity index (χ4v) is 207. The Bertz CT molecular complexity index is 529. The van der Waals surface area contributed by atoms with Gasteiger partial charge in [-0.3, -0.25) is 0 Å². The van der Waals surface area contributed by atoms with Crippen molar-refractivity contribution in [3.05, 3.63) is 29.8 Å². The zero-order chi connectivity index (χ0) is 16.5. The van der Waals surface area contributed by atoms with Crippen molar-refractivity contribution in [2.24, 2.45) is 0 Å². The van der Waals surface area contributed by atoms with Crippen LogP contribution in [0.5, 0.6) is 0 Å². The molecule has 1 fully saturated rings. The standard InChI is InChI=1S/C16H34Si5/c1-15-11-13-16(14-12-15)21(10)19(6,7)17(2,3)18(4,5)20(21,8)9/h11-14H,1-10H3. The molecule has 0 aliphatic carbocycles. The number of benzene rings is 1. The molecule has 0 atom stereocenters. The molecule has 1 aromatic carbocycles. The van der Waals surface area contributed by atoms with E-state index in [1.807, 2.05) is 5.19 Å². The minimum absolute atomic E-state index is 1.06. The smallest absolute Gasteiger partial charge is 0.0657 e. The maximum absolute atomic E-state index is 2.83. The van der Waals surface area contributed by atoms with Gasteiger partial charge >= 0.3 is 0 Å². The van der Waals surface area contributed by atoms with Gasteiger partial charge < -0.3 is 0 Å². The first-order chi connectivity index (χ1) is 9.25. The molecule has 5 heteroatoms. The van der Waals surface area contributed by atoms with Gasteiger partial charge in [-0.25, -0.2) is 0 Å². The summed E-state index contributed by atoms with van der Waals surface area (Å²) in [6.07, 6.45) is 0. The highest BCUT2D eigenvalue weighted by molar-refractivity contribution is 8.14. The van der Waals surface area contributed by atoms with Gasteiger partial charge in [0.2, 0.25) is 0 Å². The van der Waals surface area contributed by atoms with Gasteiger partial charge in [0.1, 0.15) is 0 Å². The topological polar surface area (TPSA) is 0 Å². The van der Waals surface area contributed by atoms with Gasteiger partial charge in [0.15, 0.2) is 0 Å². The third kappa shape index (κ3) is 1.81. The Balaban J connectivity index is 2.80. The van der Waals surface area contributed by atoms with E-state index in [0.717, 1.165) is 0 Å². The summed E-state index contributed by atoms with van der Waals surface area (Å²) in [5.74, 6) is 0. The van der Waals surface area contributed by atoms with Crippen LogP contribution < -0.4 is 5.19 Å². The fourth-order valence-electron chi connectivity index (χ4n) is 5.20. The maximum atomic E-state index is 2.83. The van der Waals surface area contributed by atoms with E-state index in [9.17, 15) is 0 Å². The Hall–Kier alpha value is 0.304. The van der Waals surface area contributed by atoms with E-state index in [4.69, 9.17) is 0 Å². The molecule has 1 heterocycles. The molecule has 1 saturated heterocycles. The van der Waals surface area contributed by atoms with Gasteiger partial charge in [-0.1, -0.05) is 93.9 Å². The summed E-state index contributed by atoms with van der Waals surface area (Å²) in [7, 11) is -5.73. The lowest BCUT2D eigenvalue weighted by molar-refractivity contribution is 1.49. The van der Waals surface area contributed by atoms with Crippen LogP contribution in [0, 0.1) is 6.92 Å². The first-order valence-electron chi connectivity index (χ1n) is 8.32. The van der Waals surface area contributed by atoms with Crippen LogP contribution in [0.4, 0.5) is 0 Å². The second kappa shape index (κ2) is 4.66. The average Bonchev–Trinajstić information content (AvgIpc) is 2.41. The Morgan fingerprint density at radius 1 is 0.524 bits per heavy atom. The van der Waals surface area contributed by atoms with Crippen molar-refractivity contribution in [2.75, 3.05) is 0 Å². The lowest BCUT2D eigenvalue weighted by Crippen LogP contribution is -2.77. The van der Waals surface area contributed by atoms with Crippen molar-refractivity contribution in [1.29, 1.82) is 0 Å². The third-order valence-corrected chi connectivity index (χ3v) is 135. The zero-order valence-corrected chi connectivity index (χ0v) is 20.8. The molecule has 1 aliphatic rings. The molecule has 0 amide bonds. The van der Waals surface area contributed by atoms with E-state index in [1.54, 1.807) is 0 Å². The molecule has 21 heavy (non-hydrogen) atoms. The molecule has 0 N–H and O–H groups in total. The van der Waals surface area contributed by atoms with Crippen molar-refractivity contribution in [1.82, 2.24) is 0 Å². The molecule has 0 spiro atoms. The third-order valence-electron chi connectivity index (χ3n) is 8.82. The minimum atomic E-state index is -1.31. The first-order valence-corrected chi connectivity index (χ1v) is 27.8. The van der Waals surface area contributed by atoms with Gasteiger partial charge in [-0.15, -0.1) is 0 Å². The molecule has 0 nitrogen and oxygen atoms in total. The van der Waals surface area contributed by atoms with Crippen LogP contribution >= 0.6 is 0 Å². The van der Waals surface area contributed by atoms with Gasteiger partial charge in [0.05, 0.1) is 7.11 Å².